The van der Waals surface area contributed by atoms with Crippen LogP contribution in [-0.2, 0) is 14.3 Å². The smallest absolute Gasteiger partial charge is 0.315 e. The molecule has 0 atom stereocenters. The molecule has 0 N–H and O–H groups in total. The van der Waals surface area contributed by atoms with Crippen LogP contribution in [0.2, 0.25) is 0 Å². The molecule has 0 amide bonds. The van der Waals surface area contributed by atoms with Crippen molar-refractivity contribution in [3.8, 4) is 0 Å². The summed E-state index contributed by atoms with van der Waals surface area (Å²) in [6.45, 7) is 4.15. The normalized spacial score (nSPS) is 10.1. The first-order chi connectivity index (χ1) is 6.81. The molecule has 0 fully saturated rings. The van der Waals surface area contributed by atoms with E-state index in [2.05, 4.69) is 12.6 Å². The van der Waals surface area contributed by atoms with Gasteiger partial charge in [0.15, 0.2) is 0 Å². The molecule has 0 spiro atoms. The third kappa shape index (κ3) is 9.86. The van der Waals surface area contributed by atoms with E-state index in [9.17, 15) is 4.79 Å². The molecule has 0 unspecified atom stereocenters. The standard InChI is InChI=1S/C10H20O3S/c1-2-12-7-5-3-4-6-8-13-10(11)9-14/h14H,2-9H2,1H3. The van der Waals surface area contributed by atoms with Crippen molar-refractivity contribution in [3.63, 3.8) is 0 Å². The molecule has 0 aromatic rings. The molecule has 0 aromatic heterocycles. The van der Waals surface area contributed by atoms with Crippen LogP contribution >= 0.6 is 12.6 Å². The van der Waals surface area contributed by atoms with Gasteiger partial charge in [0.1, 0.15) is 0 Å². The lowest BCUT2D eigenvalue weighted by Gasteiger charge is -2.03. The lowest BCUT2D eigenvalue weighted by Crippen LogP contribution is -2.06. The Morgan fingerprint density at radius 2 is 1.79 bits per heavy atom. The first-order valence-electron chi connectivity index (χ1n) is 5.15. The fourth-order valence-corrected chi connectivity index (χ4v) is 1.13. The second kappa shape index (κ2) is 10.9. The minimum atomic E-state index is -0.234. The van der Waals surface area contributed by atoms with Crippen molar-refractivity contribution in [2.45, 2.75) is 32.6 Å². The topological polar surface area (TPSA) is 35.5 Å². The summed E-state index contributed by atoms with van der Waals surface area (Å²) in [6, 6.07) is 0. The Hall–Kier alpha value is -0.220. The number of hydrogen-bond acceptors (Lipinski definition) is 4. The zero-order valence-corrected chi connectivity index (χ0v) is 9.72. The van der Waals surface area contributed by atoms with Gasteiger partial charge in [-0.3, -0.25) is 4.79 Å². The SMILES string of the molecule is CCOCCCCCCOC(=O)CS. The average molecular weight is 220 g/mol. The summed E-state index contributed by atoms with van der Waals surface area (Å²) < 4.78 is 10.1. The number of carbonyl (C=O) groups is 1. The zero-order chi connectivity index (χ0) is 10.6. The number of carbonyl (C=O) groups excluding carboxylic acids is 1. The van der Waals surface area contributed by atoms with Crippen LogP contribution in [0.15, 0.2) is 0 Å². The molecule has 0 aliphatic rings. The highest BCUT2D eigenvalue weighted by atomic mass is 32.1. The quantitative estimate of drug-likeness (QED) is 0.367. The van der Waals surface area contributed by atoms with Crippen LogP contribution in [0.3, 0.4) is 0 Å². The fourth-order valence-electron chi connectivity index (χ4n) is 1.04. The number of esters is 1. The van der Waals surface area contributed by atoms with Gasteiger partial charge in [-0.2, -0.15) is 12.6 Å². The van der Waals surface area contributed by atoms with Crippen LogP contribution in [0, 0.1) is 0 Å². The predicted molar refractivity (Wildman–Crippen MR) is 59.8 cm³/mol. The van der Waals surface area contributed by atoms with Crippen molar-refractivity contribution >= 4 is 18.6 Å². The minimum absolute atomic E-state index is 0.171. The monoisotopic (exact) mass is 220 g/mol. The molecule has 84 valence electrons. The second-order valence-electron chi connectivity index (χ2n) is 2.99. The van der Waals surface area contributed by atoms with Crippen LogP contribution < -0.4 is 0 Å². The molecule has 4 heteroatoms. The molecule has 0 radical (unpaired) electrons. The highest BCUT2D eigenvalue weighted by Crippen LogP contribution is 2.00. The Morgan fingerprint density at radius 3 is 2.36 bits per heavy atom. The first-order valence-corrected chi connectivity index (χ1v) is 5.78. The van der Waals surface area contributed by atoms with Gasteiger partial charge in [-0.15, -0.1) is 0 Å². The van der Waals surface area contributed by atoms with Crippen LogP contribution in [0.4, 0.5) is 0 Å². The highest BCUT2D eigenvalue weighted by molar-refractivity contribution is 7.81. The van der Waals surface area contributed by atoms with Crippen LogP contribution in [0.1, 0.15) is 32.6 Å². The van der Waals surface area contributed by atoms with Crippen LogP contribution in [-0.4, -0.2) is 31.5 Å². The van der Waals surface area contributed by atoms with E-state index in [1.54, 1.807) is 0 Å². The summed E-state index contributed by atoms with van der Waals surface area (Å²) in [5.74, 6) is -0.0627. The van der Waals surface area contributed by atoms with Crippen molar-refractivity contribution in [3.05, 3.63) is 0 Å². The molecular formula is C10H20O3S. The average Bonchev–Trinajstić information content (AvgIpc) is 2.21. The van der Waals surface area contributed by atoms with E-state index in [1.165, 1.54) is 0 Å². The van der Waals surface area contributed by atoms with Crippen LogP contribution in [0.25, 0.3) is 0 Å². The third-order valence-electron chi connectivity index (χ3n) is 1.78. The number of rotatable bonds is 9. The molecule has 0 aromatic carbocycles. The number of thiol groups is 1. The largest absolute Gasteiger partial charge is 0.465 e. The molecular weight excluding hydrogens is 200 g/mol. The van der Waals surface area contributed by atoms with E-state index in [1.807, 2.05) is 6.92 Å². The van der Waals surface area contributed by atoms with Gasteiger partial charge in [-0.1, -0.05) is 6.42 Å². The Kier molecular flexibility index (Phi) is 10.7. The molecule has 0 heterocycles. The third-order valence-corrected chi connectivity index (χ3v) is 2.04. The van der Waals surface area contributed by atoms with Gasteiger partial charge < -0.3 is 9.47 Å². The summed E-state index contributed by atoms with van der Waals surface area (Å²) in [5, 5.41) is 0. The maximum atomic E-state index is 10.7. The summed E-state index contributed by atoms with van der Waals surface area (Å²) in [6.07, 6.45) is 4.26. The van der Waals surface area contributed by atoms with Crippen molar-refractivity contribution in [2.75, 3.05) is 25.6 Å². The molecule has 0 aliphatic carbocycles. The minimum Gasteiger partial charge on any atom is -0.465 e. The van der Waals surface area contributed by atoms with E-state index in [0.29, 0.717) is 6.61 Å². The van der Waals surface area contributed by atoms with Crippen molar-refractivity contribution < 1.29 is 14.3 Å². The molecule has 0 aliphatic heterocycles. The van der Waals surface area contributed by atoms with Crippen molar-refractivity contribution in [2.24, 2.45) is 0 Å². The summed E-state index contributed by atoms with van der Waals surface area (Å²) >= 11 is 3.81. The maximum absolute atomic E-state index is 10.7. The van der Waals surface area contributed by atoms with E-state index >= 15 is 0 Å². The van der Waals surface area contributed by atoms with Crippen molar-refractivity contribution in [1.82, 2.24) is 0 Å². The van der Waals surface area contributed by atoms with Gasteiger partial charge in [0.05, 0.1) is 12.4 Å². The summed E-state index contributed by atoms with van der Waals surface area (Å²) in [5.41, 5.74) is 0. The van der Waals surface area contributed by atoms with E-state index in [-0.39, 0.29) is 11.7 Å². The van der Waals surface area contributed by atoms with Gasteiger partial charge in [0.25, 0.3) is 0 Å². The fraction of sp³-hybridized carbons (Fsp3) is 0.900. The molecule has 0 saturated carbocycles. The summed E-state index contributed by atoms with van der Waals surface area (Å²) in [4.78, 5) is 10.7. The zero-order valence-electron chi connectivity index (χ0n) is 8.83. The Bertz CT molecular complexity index is 139. The molecule has 0 bridgehead atoms. The molecule has 0 saturated heterocycles. The first kappa shape index (κ1) is 13.8. The lowest BCUT2D eigenvalue weighted by molar-refractivity contribution is -0.140. The predicted octanol–water partition coefficient (Wildman–Crippen LogP) is 2.06. The van der Waals surface area contributed by atoms with Gasteiger partial charge in [0, 0.05) is 13.2 Å². The molecule has 14 heavy (non-hydrogen) atoms. The van der Waals surface area contributed by atoms with E-state index in [0.717, 1.165) is 38.9 Å². The van der Waals surface area contributed by atoms with Gasteiger partial charge in [0.2, 0.25) is 0 Å². The highest BCUT2D eigenvalue weighted by Gasteiger charge is 1.97. The Balaban J connectivity index is 2.95. The van der Waals surface area contributed by atoms with E-state index < -0.39 is 0 Å². The number of ether oxygens (including phenoxy) is 2. The summed E-state index contributed by atoms with van der Waals surface area (Å²) in [7, 11) is 0. The van der Waals surface area contributed by atoms with E-state index in [4.69, 9.17) is 9.47 Å². The molecule has 0 rings (SSSR count). The van der Waals surface area contributed by atoms with Crippen molar-refractivity contribution in [1.29, 1.82) is 0 Å². The van der Waals surface area contributed by atoms with Gasteiger partial charge in [-0.05, 0) is 26.2 Å². The number of hydrogen-bond donors (Lipinski definition) is 1. The van der Waals surface area contributed by atoms with Crippen LogP contribution in [0.5, 0.6) is 0 Å². The maximum Gasteiger partial charge on any atom is 0.315 e. The lowest BCUT2D eigenvalue weighted by atomic mass is 10.2. The van der Waals surface area contributed by atoms with Gasteiger partial charge in [-0.25, -0.2) is 0 Å². The second-order valence-corrected chi connectivity index (χ2v) is 3.31. The Labute approximate surface area is 91.6 Å². The number of unbranched alkanes of at least 4 members (excludes halogenated alkanes) is 3. The molecule has 3 nitrogen and oxygen atoms in total. The van der Waals surface area contributed by atoms with Gasteiger partial charge >= 0.3 is 5.97 Å². The Morgan fingerprint density at radius 1 is 1.14 bits per heavy atom.